The molecule has 0 aliphatic carbocycles. The molecule has 1 aromatic carbocycles. The molecule has 1 aliphatic rings. The topological polar surface area (TPSA) is 50.7 Å². The quantitative estimate of drug-likeness (QED) is 0.767. The van der Waals surface area contributed by atoms with Gasteiger partial charge in [0.2, 0.25) is 0 Å². The molecular weight excluding hydrogens is 230 g/mol. The molecule has 0 saturated carbocycles. The first-order valence-corrected chi connectivity index (χ1v) is 6.53. The predicted molar refractivity (Wildman–Crippen MR) is 69.7 cm³/mol. The fraction of sp³-hybridized carbons (Fsp3) is 0.571. The molecular formula is C14H21NO3. The zero-order chi connectivity index (χ0) is 12.6. The van der Waals surface area contributed by atoms with Gasteiger partial charge in [0.05, 0.1) is 12.7 Å². The lowest BCUT2D eigenvalue weighted by Crippen LogP contribution is -2.25. The third-order valence-electron chi connectivity index (χ3n) is 3.01. The van der Waals surface area contributed by atoms with Crippen LogP contribution in [0.5, 0.6) is 5.75 Å². The third-order valence-corrected chi connectivity index (χ3v) is 3.01. The van der Waals surface area contributed by atoms with Crippen LogP contribution in [0.2, 0.25) is 0 Å². The summed E-state index contributed by atoms with van der Waals surface area (Å²) in [6.45, 7) is 3.06. The summed E-state index contributed by atoms with van der Waals surface area (Å²) in [4.78, 5) is 0. The van der Waals surface area contributed by atoms with E-state index >= 15 is 0 Å². The minimum atomic E-state index is 0.0463. The molecule has 1 fully saturated rings. The van der Waals surface area contributed by atoms with E-state index in [9.17, 15) is 0 Å². The normalized spacial score (nSPS) is 19.1. The largest absolute Gasteiger partial charge is 0.491 e. The molecule has 0 bridgehead atoms. The van der Waals surface area contributed by atoms with Crippen LogP contribution in [-0.4, -0.2) is 37.6 Å². The maximum Gasteiger partial charge on any atom is 0.119 e. The minimum Gasteiger partial charge on any atom is -0.491 e. The zero-order valence-electron chi connectivity index (χ0n) is 10.6. The number of benzene rings is 1. The summed E-state index contributed by atoms with van der Waals surface area (Å²) in [5.41, 5.74) is 1.23. The first-order chi connectivity index (χ1) is 8.88. The number of ether oxygens (including phenoxy) is 2. The molecule has 0 amide bonds. The van der Waals surface area contributed by atoms with Crippen molar-refractivity contribution in [2.45, 2.75) is 25.5 Å². The Bertz CT molecular complexity index is 333. The Balaban J connectivity index is 1.68. The van der Waals surface area contributed by atoms with Crippen LogP contribution in [-0.2, 0) is 11.3 Å². The van der Waals surface area contributed by atoms with Gasteiger partial charge in [-0.05, 0) is 30.5 Å². The molecule has 1 atom stereocenters. The molecule has 1 heterocycles. The fourth-order valence-electron chi connectivity index (χ4n) is 2.05. The Morgan fingerprint density at radius 1 is 1.33 bits per heavy atom. The standard InChI is InChI=1S/C14H21NO3/c16-7-9-18-13-5-3-12(4-6-13)10-15-11-14-2-1-8-17-14/h3-6,14-16H,1-2,7-11H2. The van der Waals surface area contributed by atoms with Crippen LogP contribution in [0.1, 0.15) is 18.4 Å². The van der Waals surface area contributed by atoms with E-state index in [4.69, 9.17) is 14.6 Å². The molecule has 0 aromatic heterocycles. The van der Waals surface area contributed by atoms with Gasteiger partial charge in [-0.15, -0.1) is 0 Å². The summed E-state index contributed by atoms with van der Waals surface area (Å²) in [5, 5.41) is 12.1. The lowest BCUT2D eigenvalue weighted by Gasteiger charge is -2.11. The first-order valence-electron chi connectivity index (χ1n) is 6.53. The van der Waals surface area contributed by atoms with E-state index in [2.05, 4.69) is 5.32 Å². The van der Waals surface area contributed by atoms with E-state index in [1.54, 1.807) is 0 Å². The number of rotatable bonds is 7. The van der Waals surface area contributed by atoms with E-state index in [0.717, 1.165) is 25.4 Å². The third kappa shape index (κ3) is 4.29. The summed E-state index contributed by atoms with van der Waals surface area (Å²) in [5.74, 6) is 0.798. The Hall–Kier alpha value is -1.10. The molecule has 1 saturated heterocycles. The van der Waals surface area contributed by atoms with Crippen molar-refractivity contribution in [2.75, 3.05) is 26.4 Å². The monoisotopic (exact) mass is 251 g/mol. The summed E-state index contributed by atoms with van der Waals surface area (Å²) in [7, 11) is 0. The smallest absolute Gasteiger partial charge is 0.119 e. The molecule has 1 aromatic rings. The van der Waals surface area contributed by atoms with E-state index in [1.165, 1.54) is 18.4 Å². The van der Waals surface area contributed by atoms with Gasteiger partial charge in [-0.2, -0.15) is 0 Å². The summed E-state index contributed by atoms with van der Waals surface area (Å²) < 4.78 is 10.9. The Morgan fingerprint density at radius 2 is 2.17 bits per heavy atom. The van der Waals surface area contributed by atoms with Gasteiger partial charge in [-0.25, -0.2) is 0 Å². The summed E-state index contributed by atoms with van der Waals surface area (Å²) in [6.07, 6.45) is 2.74. The summed E-state index contributed by atoms with van der Waals surface area (Å²) in [6, 6.07) is 7.93. The van der Waals surface area contributed by atoms with Gasteiger partial charge in [0, 0.05) is 19.7 Å². The number of aliphatic hydroxyl groups excluding tert-OH is 1. The highest BCUT2D eigenvalue weighted by molar-refractivity contribution is 5.27. The lowest BCUT2D eigenvalue weighted by atomic mass is 10.2. The molecule has 1 unspecified atom stereocenters. The Morgan fingerprint density at radius 3 is 2.83 bits per heavy atom. The van der Waals surface area contributed by atoms with Crippen molar-refractivity contribution in [3.63, 3.8) is 0 Å². The maximum absolute atomic E-state index is 8.66. The van der Waals surface area contributed by atoms with Crippen LogP contribution in [0.3, 0.4) is 0 Å². The van der Waals surface area contributed by atoms with Crippen LogP contribution in [0.25, 0.3) is 0 Å². The van der Waals surface area contributed by atoms with E-state index in [-0.39, 0.29) is 6.61 Å². The number of aliphatic hydroxyl groups is 1. The molecule has 0 radical (unpaired) electrons. The van der Waals surface area contributed by atoms with Crippen LogP contribution in [0.15, 0.2) is 24.3 Å². The van der Waals surface area contributed by atoms with Gasteiger partial charge in [0.15, 0.2) is 0 Å². The van der Waals surface area contributed by atoms with Gasteiger partial charge in [0.1, 0.15) is 12.4 Å². The molecule has 0 spiro atoms. The van der Waals surface area contributed by atoms with Gasteiger partial charge >= 0.3 is 0 Å². The number of hydrogen-bond donors (Lipinski definition) is 2. The van der Waals surface area contributed by atoms with Crippen LogP contribution >= 0.6 is 0 Å². The average molecular weight is 251 g/mol. The van der Waals surface area contributed by atoms with E-state index in [1.807, 2.05) is 24.3 Å². The number of hydrogen-bond acceptors (Lipinski definition) is 4. The molecule has 4 nitrogen and oxygen atoms in total. The second-order valence-electron chi connectivity index (χ2n) is 4.48. The van der Waals surface area contributed by atoms with Crippen molar-refractivity contribution in [1.29, 1.82) is 0 Å². The lowest BCUT2D eigenvalue weighted by molar-refractivity contribution is 0.110. The minimum absolute atomic E-state index is 0.0463. The van der Waals surface area contributed by atoms with Gasteiger partial charge in [0.25, 0.3) is 0 Å². The fourth-order valence-corrected chi connectivity index (χ4v) is 2.05. The van der Waals surface area contributed by atoms with E-state index in [0.29, 0.717) is 12.7 Å². The van der Waals surface area contributed by atoms with Crippen molar-refractivity contribution >= 4 is 0 Å². The van der Waals surface area contributed by atoms with E-state index < -0.39 is 0 Å². The molecule has 2 rings (SSSR count). The Labute approximate surface area is 108 Å². The van der Waals surface area contributed by atoms with Crippen LogP contribution < -0.4 is 10.1 Å². The molecule has 4 heteroatoms. The molecule has 100 valence electrons. The van der Waals surface area contributed by atoms with Crippen LogP contribution in [0, 0.1) is 0 Å². The second-order valence-corrected chi connectivity index (χ2v) is 4.48. The van der Waals surface area contributed by atoms with Crippen molar-refractivity contribution in [1.82, 2.24) is 5.32 Å². The first kappa shape index (κ1) is 13.3. The molecule has 2 N–H and O–H groups in total. The second kappa shape index (κ2) is 7.36. The van der Waals surface area contributed by atoms with Crippen molar-refractivity contribution in [3.8, 4) is 5.75 Å². The highest BCUT2D eigenvalue weighted by Crippen LogP contribution is 2.13. The van der Waals surface area contributed by atoms with Crippen molar-refractivity contribution in [3.05, 3.63) is 29.8 Å². The van der Waals surface area contributed by atoms with Crippen molar-refractivity contribution in [2.24, 2.45) is 0 Å². The molecule has 18 heavy (non-hydrogen) atoms. The average Bonchev–Trinajstić information content (AvgIpc) is 2.91. The highest BCUT2D eigenvalue weighted by atomic mass is 16.5. The summed E-state index contributed by atoms with van der Waals surface area (Å²) >= 11 is 0. The Kier molecular flexibility index (Phi) is 5.45. The maximum atomic E-state index is 8.66. The predicted octanol–water partition coefficient (Wildman–Crippen LogP) is 1.33. The SMILES string of the molecule is OCCOc1ccc(CNCC2CCCO2)cc1. The molecule has 1 aliphatic heterocycles. The highest BCUT2D eigenvalue weighted by Gasteiger charge is 2.14. The van der Waals surface area contributed by atoms with Crippen LogP contribution in [0.4, 0.5) is 0 Å². The van der Waals surface area contributed by atoms with Gasteiger partial charge < -0.3 is 19.9 Å². The van der Waals surface area contributed by atoms with Gasteiger partial charge in [-0.1, -0.05) is 12.1 Å². The van der Waals surface area contributed by atoms with Gasteiger partial charge in [-0.3, -0.25) is 0 Å². The number of nitrogens with one attached hydrogen (secondary N) is 1. The zero-order valence-corrected chi connectivity index (χ0v) is 10.6. The van der Waals surface area contributed by atoms with Crippen molar-refractivity contribution < 1.29 is 14.6 Å².